The summed E-state index contributed by atoms with van der Waals surface area (Å²) in [7, 11) is 0. The topological polar surface area (TPSA) is 115 Å². The van der Waals surface area contributed by atoms with Gasteiger partial charge in [-0.05, 0) is 32.6 Å². The predicted molar refractivity (Wildman–Crippen MR) is 73.8 cm³/mol. The fraction of sp³-hybridized carbons (Fsp3) is 0.583. The Morgan fingerprint density at radius 2 is 2.37 bits per heavy atom. The van der Waals surface area contributed by atoms with E-state index in [1.807, 2.05) is 0 Å². The number of hydrogen-bond donors (Lipinski definition) is 3. The molecule has 19 heavy (non-hydrogen) atoms. The second-order valence-corrected chi connectivity index (χ2v) is 6.34. The van der Waals surface area contributed by atoms with E-state index in [2.05, 4.69) is 9.97 Å². The minimum atomic E-state index is -0.931. The van der Waals surface area contributed by atoms with E-state index in [1.165, 1.54) is 17.8 Å². The summed E-state index contributed by atoms with van der Waals surface area (Å²) in [6, 6.07) is 1.45. The number of carbonyl (C=O) groups excluding carboxylic acids is 1. The summed E-state index contributed by atoms with van der Waals surface area (Å²) in [5, 5.41) is 0.722. The van der Waals surface area contributed by atoms with Crippen LogP contribution < -0.4 is 17.0 Å². The normalized spacial score (nSPS) is 27.2. The monoisotopic (exact) mass is 282 g/mol. The molecule has 6 nitrogen and oxygen atoms in total. The molecule has 7 heteroatoms. The van der Waals surface area contributed by atoms with Crippen LogP contribution in [-0.2, 0) is 4.79 Å². The van der Waals surface area contributed by atoms with Gasteiger partial charge in [-0.2, -0.15) is 0 Å². The highest BCUT2D eigenvalue weighted by Gasteiger charge is 2.38. The van der Waals surface area contributed by atoms with Crippen molar-refractivity contribution < 1.29 is 4.79 Å². The number of aromatic nitrogens is 2. The molecule has 2 unspecified atom stereocenters. The molecule has 1 fully saturated rings. The Kier molecular flexibility index (Phi) is 3.96. The molecule has 1 aromatic rings. The van der Waals surface area contributed by atoms with Crippen molar-refractivity contribution in [3.8, 4) is 0 Å². The van der Waals surface area contributed by atoms with Gasteiger partial charge in [0.15, 0.2) is 5.16 Å². The fourth-order valence-electron chi connectivity index (χ4n) is 2.35. The van der Waals surface area contributed by atoms with Crippen LogP contribution in [-0.4, -0.2) is 26.7 Å². The van der Waals surface area contributed by atoms with Crippen LogP contribution in [0.15, 0.2) is 16.0 Å². The standard InChI is InChI=1S/C12H18N4O2S/c1-7-5-9(17)16-11(15-7)19-8-3-2-4-12(14,6-8)10(13)18/h5,8H,2-4,6,14H2,1H3,(H2,13,18)(H,15,16,17). The van der Waals surface area contributed by atoms with E-state index >= 15 is 0 Å². The van der Waals surface area contributed by atoms with Gasteiger partial charge in [0.05, 0.1) is 5.54 Å². The molecule has 1 aromatic heterocycles. The molecule has 5 N–H and O–H groups in total. The smallest absolute Gasteiger partial charge is 0.251 e. The number of carbonyl (C=O) groups is 1. The summed E-state index contributed by atoms with van der Waals surface area (Å²) in [6.45, 7) is 1.77. The van der Waals surface area contributed by atoms with E-state index in [9.17, 15) is 9.59 Å². The van der Waals surface area contributed by atoms with Crippen LogP contribution in [0.4, 0.5) is 0 Å². The largest absolute Gasteiger partial charge is 0.368 e. The van der Waals surface area contributed by atoms with Crippen molar-refractivity contribution in [1.29, 1.82) is 0 Å². The zero-order valence-electron chi connectivity index (χ0n) is 10.8. The van der Waals surface area contributed by atoms with Gasteiger partial charge in [-0.3, -0.25) is 9.59 Å². The van der Waals surface area contributed by atoms with Gasteiger partial charge in [0.25, 0.3) is 5.56 Å². The van der Waals surface area contributed by atoms with Crippen molar-refractivity contribution >= 4 is 17.7 Å². The number of aryl methyl sites for hydroxylation is 1. The minimum absolute atomic E-state index is 0.149. The lowest BCUT2D eigenvalue weighted by molar-refractivity contribution is -0.124. The summed E-state index contributed by atoms with van der Waals surface area (Å²) in [5.41, 5.74) is 11.0. The van der Waals surface area contributed by atoms with Crippen molar-refractivity contribution in [3.05, 3.63) is 22.1 Å². The number of nitrogens with one attached hydrogen (secondary N) is 1. The first kappa shape index (κ1) is 14.1. The second-order valence-electron chi connectivity index (χ2n) is 5.05. The molecule has 1 aliphatic rings. The third-order valence-electron chi connectivity index (χ3n) is 3.36. The van der Waals surface area contributed by atoms with E-state index in [0.717, 1.165) is 12.8 Å². The number of nitrogens with two attached hydrogens (primary N) is 2. The molecule has 1 amide bonds. The maximum Gasteiger partial charge on any atom is 0.251 e. The first-order chi connectivity index (χ1) is 8.89. The maximum absolute atomic E-state index is 11.4. The molecular formula is C12H18N4O2S. The molecule has 104 valence electrons. The maximum atomic E-state index is 11.4. The van der Waals surface area contributed by atoms with Crippen molar-refractivity contribution in [2.45, 2.75) is 48.6 Å². The molecule has 0 aliphatic heterocycles. The molecule has 0 radical (unpaired) electrons. The van der Waals surface area contributed by atoms with Gasteiger partial charge in [-0.25, -0.2) is 4.98 Å². The number of amides is 1. The molecule has 0 bridgehead atoms. The SMILES string of the molecule is Cc1cc(=O)[nH]c(SC2CCCC(N)(C(N)=O)C2)n1. The van der Waals surface area contributed by atoms with Crippen LogP contribution in [0.25, 0.3) is 0 Å². The van der Waals surface area contributed by atoms with E-state index in [0.29, 0.717) is 23.7 Å². The van der Waals surface area contributed by atoms with Gasteiger partial charge in [0, 0.05) is 17.0 Å². The Morgan fingerprint density at radius 3 is 3.00 bits per heavy atom. The molecule has 0 spiro atoms. The van der Waals surface area contributed by atoms with Crippen molar-refractivity contribution in [1.82, 2.24) is 9.97 Å². The summed E-state index contributed by atoms with van der Waals surface area (Å²) in [6.07, 6.45) is 2.93. The van der Waals surface area contributed by atoms with Gasteiger partial charge in [-0.15, -0.1) is 0 Å². The lowest BCUT2D eigenvalue weighted by atomic mass is 9.82. The Bertz CT molecular complexity index is 545. The summed E-state index contributed by atoms with van der Waals surface area (Å²) >= 11 is 1.46. The number of primary amides is 1. The minimum Gasteiger partial charge on any atom is -0.368 e. The quantitative estimate of drug-likeness (QED) is 0.689. The lowest BCUT2D eigenvalue weighted by Gasteiger charge is -2.34. The highest BCUT2D eigenvalue weighted by Crippen LogP contribution is 2.35. The van der Waals surface area contributed by atoms with E-state index in [1.54, 1.807) is 6.92 Å². The van der Waals surface area contributed by atoms with Gasteiger partial charge < -0.3 is 16.5 Å². The summed E-state index contributed by atoms with van der Waals surface area (Å²) < 4.78 is 0. The third kappa shape index (κ3) is 3.36. The van der Waals surface area contributed by atoms with E-state index < -0.39 is 11.4 Å². The second kappa shape index (κ2) is 5.34. The number of nitrogens with zero attached hydrogens (tertiary/aromatic N) is 1. The Morgan fingerprint density at radius 1 is 1.63 bits per heavy atom. The number of H-pyrrole nitrogens is 1. The molecule has 1 aliphatic carbocycles. The summed E-state index contributed by atoms with van der Waals surface area (Å²) in [5.74, 6) is -0.455. The molecule has 1 heterocycles. The highest BCUT2D eigenvalue weighted by atomic mass is 32.2. The Labute approximate surface area is 115 Å². The van der Waals surface area contributed by atoms with Gasteiger partial charge in [0.1, 0.15) is 0 Å². The molecule has 0 saturated heterocycles. The predicted octanol–water partition coefficient (Wildman–Crippen LogP) is 0.296. The first-order valence-electron chi connectivity index (χ1n) is 6.22. The van der Waals surface area contributed by atoms with Gasteiger partial charge >= 0.3 is 0 Å². The zero-order valence-corrected chi connectivity index (χ0v) is 11.6. The van der Waals surface area contributed by atoms with Gasteiger partial charge in [0.2, 0.25) is 5.91 Å². The number of thioether (sulfide) groups is 1. The lowest BCUT2D eigenvalue weighted by Crippen LogP contribution is -2.55. The number of aromatic amines is 1. The van der Waals surface area contributed by atoms with E-state index in [4.69, 9.17) is 11.5 Å². The number of rotatable bonds is 3. The van der Waals surface area contributed by atoms with Crippen molar-refractivity contribution in [2.75, 3.05) is 0 Å². The Hall–Kier alpha value is -1.34. The van der Waals surface area contributed by atoms with Crippen LogP contribution in [0.1, 0.15) is 31.4 Å². The molecule has 1 saturated carbocycles. The summed E-state index contributed by atoms with van der Waals surface area (Å²) in [4.78, 5) is 29.7. The molecule has 2 atom stereocenters. The van der Waals surface area contributed by atoms with E-state index in [-0.39, 0.29) is 10.8 Å². The molecule has 0 aromatic carbocycles. The number of hydrogen-bond acceptors (Lipinski definition) is 5. The zero-order chi connectivity index (χ0) is 14.0. The average molecular weight is 282 g/mol. The first-order valence-corrected chi connectivity index (χ1v) is 7.10. The van der Waals surface area contributed by atoms with Crippen LogP contribution in [0, 0.1) is 6.92 Å². The van der Waals surface area contributed by atoms with Gasteiger partial charge in [-0.1, -0.05) is 11.8 Å². The molecule has 2 rings (SSSR count). The fourth-order valence-corrected chi connectivity index (χ4v) is 3.68. The van der Waals surface area contributed by atoms with Crippen LogP contribution in [0.3, 0.4) is 0 Å². The van der Waals surface area contributed by atoms with Crippen LogP contribution >= 0.6 is 11.8 Å². The van der Waals surface area contributed by atoms with Crippen LogP contribution in [0.2, 0.25) is 0 Å². The Balaban J connectivity index is 2.11. The third-order valence-corrected chi connectivity index (χ3v) is 4.51. The van der Waals surface area contributed by atoms with Crippen LogP contribution in [0.5, 0.6) is 0 Å². The van der Waals surface area contributed by atoms with Crippen molar-refractivity contribution in [3.63, 3.8) is 0 Å². The average Bonchev–Trinajstić information content (AvgIpc) is 2.27. The molecular weight excluding hydrogens is 264 g/mol. The highest BCUT2D eigenvalue weighted by molar-refractivity contribution is 7.99. The van der Waals surface area contributed by atoms with Crippen molar-refractivity contribution in [2.24, 2.45) is 11.5 Å².